The Morgan fingerprint density at radius 2 is 2.25 bits per heavy atom. The highest BCUT2D eigenvalue weighted by Gasteiger charge is 1.99. The molecule has 0 aliphatic heterocycles. The minimum Gasteiger partial charge on any atom is -0.385 e. The van der Waals surface area contributed by atoms with Crippen LogP contribution in [0.5, 0.6) is 0 Å². The van der Waals surface area contributed by atoms with Crippen molar-refractivity contribution in [1.29, 1.82) is 0 Å². The van der Waals surface area contributed by atoms with Crippen molar-refractivity contribution in [3.8, 4) is 0 Å². The lowest BCUT2D eigenvalue weighted by Gasteiger charge is -2.05. The highest BCUT2D eigenvalue weighted by atomic mass is 16.5. The summed E-state index contributed by atoms with van der Waals surface area (Å²) in [6.45, 7) is 7.01. The normalized spacial score (nSPS) is 11.2. The summed E-state index contributed by atoms with van der Waals surface area (Å²) >= 11 is 0. The smallest absolute Gasteiger partial charge is 0.0534 e. The molecule has 16 heavy (non-hydrogen) atoms. The molecule has 0 amide bonds. The average molecular weight is 225 g/mol. The van der Waals surface area contributed by atoms with Crippen molar-refractivity contribution >= 4 is 0 Å². The molecule has 1 N–H and O–H groups in total. The van der Waals surface area contributed by atoms with E-state index in [0.29, 0.717) is 6.04 Å². The lowest BCUT2D eigenvalue weighted by Crippen LogP contribution is -2.21. The number of ether oxygens (including phenoxy) is 1. The van der Waals surface area contributed by atoms with Crippen molar-refractivity contribution in [2.45, 2.75) is 45.8 Å². The zero-order valence-corrected chi connectivity index (χ0v) is 10.6. The van der Waals surface area contributed by atoms with E-state index in [1.165, 1.54) is 5.56 Å². The summed E-state index contributed by atoms with van der Waals surface area (Å²) in [4.78, 5) is 0. The van der Waals surface area contributed by atoms with E-state index in [-0.39, 0.29) is 0 Å². The molecule has 0 saturated heterocycles. The second kappa shape index (κ2) is 7.41. The van der Waals surface area contributed by atoms with Crippen molar-refractivity contribution < 1.29 is 4.74 Å². The van der Waals surface area contributed by atoms with Crippen LogP contribution in [0, 0.1) is 0 Å². The maximum atomic E-state index is 5.01. The second-order valence-corrected chi connectivity index (χ2v) is 4.35. The molecule has 0 aromatic carbocycles. The van der Waals surface area contributed by atoms with Gasteiger partial charge in [-0.05, 0) is 12.8 Å². The lowest BCUT2D eigenvalue weighted by atomic mass is 10.3. The van der Waals surface area contributed by atoms with Crippen LogP contribution in [0.15, 0.2) is 12.4 Å². The number of hydrogen-bond donors (Lipinski definition) is 1. The molecule has 1 rings (SSSR count). The molecule has 0 bridgehead atoms. The summed E-state index contributed by atoms with van der Waals surface area (Å²) in [6.07, 6.45) is 6.26. The summed E-state index contributed by atoms with van der Waals surface area (Å²) in [5.74, 6) is 0. The van der Waals surface area contributed by atoms with E-state index >= 15 is 0 Å². The molecule has 0 aliphatic carbocycles. The fourth-order valence-electron chi connectivity index (χ4n) is 1.46. The summed E-state index contributed by atoms with van der Waals surface area (Å²) in [5.41, 5.74) is 1.25. The first-order chi connectivity index (χ1) is 7.72. The van der Waals surface area contributed by atoms with Gasteiger partial charge in [0.1, 0.15) is 0 Å². The summed E-state index contributed by atoms with van der Waals surface area (Å²) < 4.78 is 7.02. The maximum absolute atomic E-state index is 5.01. The Morgan fingerprint density at radius 1 is 1.44 bits per heavy atom. The monoisotopic (exact) mass is 225 g/mol. The Labute approximate surface area is 98.0 Å². The molecule has 0 saturated carbocycles. The third-order valence-electron chi connectivity index (χ3n) is 2.39. The minimum absolute atomic E-state index is 0.519. The van der Waals surface area contributed by atoms with Gasteiger partial charge >= 0.3 is 0 Å². The summed E-state index contributed by atoms with van der Waals surface area (Å²) in [5, 5.41) is 7.71. The summed E-state index contributed by atoms with van der Waals surface area (Å²) in [6, 6.07) is 0.519. The van der Waals surface area contributed by atoms with E-state index in [9.17, 15) is 0 Å². The number of unbranched alkanes of at least 4 members (excludes halogenated alkanes) is 1. The third-order valence-corrected chi connectivity index (χ3v) is 2.39. The van der Waals surface area contributed by atoms with Gasteiger partial charge in [-0.3, -0.25) is 4.68 Å². The van der Waals surface area contributed by atoms with Crippen LogP contribution in [0.25, 0.3) is 0 Å². The topological polar surface area (TPSA) is 39.1 Å². The van der Waals surface area contributed by atoms with Gasteiger partial charge in [-0.25, -0.2) is 0 Å². The van der Waals surface area contributed by atoms with Crippen molar-refractivity contribution in [2.75, 3.05) is 13.7 Å². The van der Waals surface area contributed by atoms with E-state index in [4.69, 9.17) is 4.74 Å². The van der Waals surface area contributed by atoms with Gasteiger partial charge in [0.2, 0.25) is 0 Å². The highest BCUT2D eigenvalue weighted by Crippen LogP contribution is 2.00. The number of nitrogens with zero attached hydrogens (tertiary/aromatic N) is 2. The van der Waals surface area contributed by atoms with Crippen LogP contribution in [0.4, 0.5) is 0 Å². The summed E-state index contributed by atoms with van der Waals surface area (Å²) in [7, 11) is 1.74. The molecule has 0 unspecified atom stereocenters. The maximum Gasteiger partial charge on any atom is 0.0534 e. The first-order valence-electron chi connectivity index (χ1n) is 5.96. The van der Waals surface area contributed by atoms with Crippen molar-refractivity contribution in [3.05, 3.63) is 18.0 Å². The standard InChI is InChI=1S/C12H23N3O/c1-11(2)13-8-12-9-14-15(10-12)6-4-5-7-16-3/h9-11,13H,4-8H2,1-3H3. The van der Waals surface area contributed by atoms with Gasteiger partial charge in [0.25, 0.3) is 0 Å². The van der Waals surface area contributed by atoms with E-state index < -0.39 is 0 Å². The van der Waals surface area contributed by atoms with Crippen LogP contribution in [-0.2, 0) is 17.8 Å². The van der Waals surface area contributed by atoms with Crippen LogP contribution >= 0.6 is 0 Å². The molecule has 92 valence electrons. The minimum atomic E-state index is 0.519. The molecule has 0 fully saturated rings. The van der Waals surface area contributed by atoms with Crippen molar-refractivity contribution in [3.63, 3.8) is 0 Å². The first-order valence-corrected chi connectivity index (χ1v) is 5.96. The zero-order valence-electron chi connectivity index (χ0n) is 10.6. The number of aromatic nitrogens is 2. The predicted octanol–water partition coefficient (Wildman–Crippen LogP) is 1.81. The number of rotatable bonds is 8. The van der Waals surface area contributed by atoms with E-state index in [0.717, 1.165) is 32.5 Å². The molecular weight excluding hydrogens is 202 g/mol. The lowest BCUT2D eigenvalue weighted by molar-refractivity contribution is 0.191. The Morgan fingerprint density at radius 3 is 2.94 bits per heavy atom. The number of aryl methyl sites for hydroxylation is 1. The fourth-order valence-corrected chi connectivity index (χ4v) is 1.46. The highest BCUT2D eigenvalue weighted by molar-refractivity contribution is 5.03. The Hall–Kier alpha value is -0.870. The van der Waals surface area contributed by atoms with Gasteiger partial charge in [-0.1, -0.05) is 13.8 Å². The van der Waals surface area contributed by atoms with Gasteiger partial charge in [0, 0.05) is 44.6 Å². The molecule has 0 spiro atoms. The number of hydrogen-bond acceptors (Lipinski definition) is 3. The zero-order chi connectivity index (χ0) is 11.8. The van der Waals surface area contributed by atoms with Gasteiger partial charge < -0.3 is 10.1 Å². The quantitative estimate of drug-likeness (QED) is 0.686. The third kappa shape index (κ3) is 5.28. The van der Waals surface area contributed by atoms with Crippen LogP contribution in [0.1, 0.15) is 32.3 Å². The van der Waals surface area contributed by atoms with E-state index in [2.05, 4.69) is 30.5 Å². The molecular formula is C12H23N3O. The molecule has 0 radical (unpaired) electrons. The Balaban J connectivity index is 2.22. The molecule has 4 nitrogen and oxygen atoms in total. The van der Waals surface area contributed by atoms with Crippen molar-refractivity contribution in [1.82, 2.24) is 15.1 Å². The van der Waals surface area contributed by atoms with Crippen molar-refractivity contribution in [2.24, 2.45) is 0 Å². The van der Waals surface area contributed by atoms with Crippen LogP contribution in [0.2, 0.25) is 0 Å². The van der Waals surface area contributed by atoms with E-state index in [1.807, 2.05) is 10.9 Å². The van der Waals surface area contributed by atoms with Gasteiger partial charge in [0.05, 0.1) is 6.20 Å². The SMILES string of the molecule is COCCCCn1cc(CNC(C)C)cn1. The average Bonchev–Trinajstić information content (AvgIpc) is 2.70. The van der Waals surface area contributed by atoms with Gasteiger partial charge in [0.15, 0.2) is 0 Å². The predicted molar refractivity (Wildman–Crippen MR) is 65.3 cm³/mol. The number of nitrogens with one attached hydrogen (secondary N) is 1. The van der Waals surface area contributed by atoms with Crippen LogP contribution in [-0.4, -0.2) is 29.5 Å². The Bertz CT molecular complexity index is 284. The van der Waals surface area contributed by atoms with Gasteiger partial charge in [-0.2, -0.15) is 5.10 Å². The Kier molecular flexibility index (Phi) is 6.11. The molecule has 0 atom stereocenters. The molecule has 4 heteroatoms. The second-order valence-electron chi connectivity index (χ2n) is 4.35. The van der Waals surface area contributed by atoms with Gasteiger partial charge in [-0.15, -0.1) is 0 Å². The molecule has 1 aromatic heterocycles. The van der Waals surface area contributed by atoms with Crippen LogP contribution in [0.3, 0.4) is 0 Å². The van der Waals surface area contributed by atoms with E-state index in [1.54, 1.807) is 7.11 Å². The molecule has 1 aromatic rings. The molecule has 0 aliphatic rings. The molecule has 1 heterocycles. The van der Waals surface area contributed by atoms with Crippen LogP contribution < -0.4 is 5.32 Å². The fraction of sp³-hybridized carbons (Fsp3) is 0.750. The first kappa shape index (κ1) is 13.2. The largest absolute Gasteiger partial charge is 0.385 e. The number of methoxy groups -OCH3 is 1.